The molecule has 0 aliphatic heterocycles. The molecule has 116 valence electrons. The molecule has 1 amide bonds. The lowest BCUT2D eigenvalue weighted by molar-refractivity contribution is -0.118. The van der Waals surface area contributed by atoms with Crippen molar-refractivity contribution in [3.05, 3.63) is 60.7 Å². The van der Waals surface area contributed by atoms with Gasteiger partial charge in [0.25, 0.3) is 5.91 Å². The van der Waals surface area contributed by atoms with Gasteiger partial charge in [0.1, 0.15) is 17.9 Å². The molecule has 0 spiro atoms. The molecule has 7 nitrogen and oxygen atoms in total. The molecule has 3 aromatic rings. The molecule has 1 heterocycles. The Hall–Kier alpha value is -3.29. The van der Waals surface area contributed by atoms with Crippen molar-refractivity contribution in [3.8, 4) is 11.4 Å². The number of ether oxygens (including phenoxy) is 1. The number of carbonyl (C=O) groups excluding carboxylic acids is 1. The third-order valence-corrected chi connectivity index (χ3v) is 2.91. The van der Waals surface area contributed by atoms with E-state index in [1.165, 1.54) is 29.2 Å². The van der Waals surface area contributed by atoms with Crippen molar-refractivity contribution in [1.82, 2.24) is 20.2 Å². The van der Waals surface area contributed by atoms with Gasteiger partial charge in [0.15, 0.2) is 6.61 Å². The van der Waals surface area contributed by atoms with Gasteiger partial charge in [-0.2, -0.15) is 0 Å². The van der Waals surface area contributed by atoms with Gasteiger partial charge in [-0.1, -0.05) is 12.1 Å². The Morgan fingerprint density at radius 2 is 2.09 bits per heavy atom. The summed E-state index contributed by atoms with van der Waals surface area (Å²) in [4.78, 5) is 11.8. The number of nitrogens with one attached hydrogen (secondary N) is 1. The Kier molecular flexibility index (Phi) is 4.23. The molecule has 0 unspecified atom stereocenters. The van der Waals surface area contributed by atoms with E-state index in [-0.39, 0.29) is 12.5 Å². The highest BCUT2D eigenvalue weighted by molar-refractivity contribution is 5.91. The van der Waals surface area contributed by atoms with E-state index in [1.807, 2.05) is 0 Å². The van der Waals surface area contributed by atoms with Crippen molar-refractivity contribution in [2.24, 2.45) is 0 Å². The zero-order valence-electron chi connectivity index (χ0n) is 11.9. The van der Waals surface area contributed by atoms with Crippen LogP contribution in [0.2, 0.25) is 0 Å². The summed E-state index contributed by atoms with van der Waals surface area (Å²) in [6.07, 6.45) is 1.45. The number of anilines is 1. The number of aromatic nitrogens is 4. The van der Waals surface area contributed by atoms with Gasteiger partial charge in [0.2, 0.25) is 0 Å². The number of amides is 1. The van der Waals surface area contributed by atoms with E-state index in [1.54, 1.807) is 30.3 Å². The number of carbonyl (C=O) groups is 1. The molecule has 0 saturated carbocycles. The van der Waals surface area contributed by atoms with Crippen molar-refractivity contribution >= 4 is 11.6 Å². The highest BCUT2D eigenvalue weighted by Gasteiger charge is 2.06. The van der Waals surface area contributed by atoms with Gasteiger partial charge >= 0.3 is 0 Å². The molecule has 2 aromatic carbocycles. The van der Waals surface area contributed by atoms with E-state index in [0.29, 0.717) is 17.1 Å². The highest BCUT2D eigenvalue weighted by Crippen LogP contribution is 2.16. The fraction of sp³-hybridized carbons (Fsp3) is 0.0667. The lowest BCUT2D eigenvalue weighted by atomic mass is 10.3. The maximum absolute atomic E-state index is 13.0. The molecule has 1 aromatic heterocycles. The van der Waals surface area contributed by atoms with Crippen molar-refractivity contribution in [2.45, 2.75) is 0 Å². The molecule has 8 heteroatoms. The standard InChI is InChI=1S/C15H12FN5O2/c16-11-3-1-4-12(7-11)18-15(22)9-23-14-6-2-5-13(8-14)21-10-17-19-20-21/h1-8,10H,9H2,(H,18,22). The second-order valence-electron chi connectivity index (χ2n) is 4.60. The average Bonchev–Trinajstić information content (AvgIpc) is 3.08. The number of hydrogen-bond acceptors (Lipinski definition) is 5. The monoisotopic (exact) mass is 313 g/mol. The molecular formula is C15H12FN5O2. The largest absolute Gasteiger partial charge is 0.484 e. The Morgan fingerprint density at radius 1 is 1.22 bits per heavy atom. The quantitative estimate of drug-likeness (QED) is 0.777. The molecule has 3 rings (SSSR count). The number of hydrogen-bond donors (Lipinski definition) is 1. The summed E-state index contributed by atoms with van der Waals surface area (Å²) in [6, 6.07) is 12.6. The normalized spacial score (nSPS) is 10.3. The third-order valence-electron chi connectivity index (χ3n) is 2.91. The summed E-state index contributed by atoms with van der Waals surface area (Å²) in [6.45, 7) is -0.199. The van der Waals surface area contributed by atoms with Crippen LogP contribution in [0.3, 0.4) is 0 Å². The number of rotatable bonds is 5. The van der Waals surface area contributed by atoms with Crippen LogP contribution in [0.1, 0.15) is 0 Å². The molecule has 0 saturated heterocycles. The number of tetrazole rings is 1. The molecule has 0 bridgehead atoms. The van der Waals surface area contributed by atoms with Crippen LogP contribution in [0, 0.1) is 5.82 Å². The minimum atomic E-state index is -0.419. The molecule has 0 aliphatic rings. The average molecular weight is 313 g/mol. The van der Waals surface area contributed by atoms with Crippen LogP contribution in [-0.2, 0) is 4.79 Å². The van der Waals surface area contributed by atoms with Crippen molar-refractivity contribution < 1.29 is 13.9 Å². The lowest BCUT2D eigenvalue weighted by Gasteiger charge is -2.08. The Morgan fingerprint density at radius 3 is 2.87 bits per heavy atom. The predicted octanol–water partition coefficient (Wildman–Crippen LogP) is 1.82. The van der Waals surface area contributed by atoms with Crippen LogP contribution in [0.4, 0.5) is 10.1 Å². The zero-order valence-corrected chi connectivity index (χ0v) is 11.9. The fourth-order valence-corrected chi connectivity index (χ4v) is 1.91. The summed E-state index contributed by atoms with van der Waals surface area (Å²) in [5.41, 5.74) is 1.08. The molecule has 23 heavy (non-hydrogen) atoms. The molecular weight excluding hydrogens is 301 g/mol. The first-order valence-corrected chi connectivity index (χ1v) is 6.72. The zero-order chi connectivity index (χ0) is 16.1. The Bertz CT molecular complexity index is 807. The number of nitrogens with zero attached hydrogens (tertiary/aromatic N) is 4. The molecule has 0 fully saturated rings. The van der Waals surface area contributed by atoms with E-state index in [9.17, 15) is 9.18 Å². The minimum Gasteiger partial charge on any atom is -0.484 e. The van der Waals surface area contributed by atoms with Crippen molar-refractivity contribution in [2.75, 3.05) is 11.9 Å². The third kappa shape index (κ3) is 3.88. The first kappa shape index (κ1) is 14.6. The summed E-state index contributed by atoms with van der Waals surface area (Å²) in [5, 5.41) is 13.4. The summed E-state index contributed by atoms with van der Waals surface area (Å²) in [7, 11) is 0. The molecule has 0 aliphatic carbocycles. The molecule has 1 N–H and O–H groups in total. The summed E-state index contributed by atoms with van der Waals surface area (Å²) >= 11 is 0. The maximum atomic E-state index is 13.0. The van der Waals surface area contributed by atoms with Gasteiger partial charge in [-0.05, 0) is 40.8 Å². The van der Waals surface area contributed by atoms with Crippen LogP contribution in [0.15, 0.2) is 54.9 Å². The van der Waals surface area contributed by atoms with E-state index in [2.05, 4.69) is 20.8 Å². The molecule has 0 radical (unpaired) electrons. The van der Waals surface area contributed by atoms with E-state index in [4.69, 9.17) is 4.74 Å². The SMILES string of the molecule is O=C(COc1cccc(-n2cnnn2)c1)Nc1cccc(F)c1. The number of halogens is 1. The van der Waals surface area contributed by atoms with Gasteiger partial charge in [-0.25, -0.2) is 9.07 Å². The fourth-order valence-electron chi connectivity index (χ4n) is 1.91. The first-order valence-electron chi connectivity index (χ1n) is 6.72. The smallest absolute Gasteiger partial charge is 0.262 e. The van der Waals surface area contributed by atoms with Crippen molar-refractivity contribution in [1.29, 1.82) is 0 Å². The van der Waals surface area contributed by atoms with Crippen molar-refractivity contribution in [3.63, 3.8) is 0 Å². The Labute approximate surface area is 130 Å². The Balaban J connectivity index is 1.60. The predicted molar refractivity (Wildman–Crippen MR) is 79.7 cm³/mol. The second-order valence-corrected chi connectivity index (χ2v) is 4.60. The van der Waals surface area contributed by atoms with Gasteiger partial charge in [0, 0.05) is 11.8 Å². The van der Waals surface area contributed by atoms with E-state index < -0.39 is 5.82 Å². The van der Waals surface area contributed by atoms with Crippen LogP contribution in [0.25, 0.3) is 5.69 Å². The van der Waals surface area contributed by atoms with Gasteiger partial charge < -0.3 is 10.1 Å². The lowest BCUT2D eigenvalue weighted by Crippen LogP contribution is -2.20. The van der Waals surface area contributed by atoms with Crippen LogP contribution in [-0.4, -0.2) is 32.7 Å². The van der Waals surface area contributed by atoms with E-state index in [0.717, 1.165) is 0 Å². The first-order chi connectivity index (χ1) is 11.2. The topological polar surface area (TPSA) is 81.9 Å². The second kappa shape index (κ2) is 6.65. The summed E-state index contributed by atoms with van der Waals surface area (Å²) < 4.78 is 19.9. The summed E-state index contributed by atoms with van der Waals surface area (Å²) in [5.74, 6) is -0.311. The minimum absolute atomic E-state index is 0.199. The van der Waals surface area contributed by atoms with Crippen LogP contribution >= 0.6 is 0 Å². The number of benzene rings is 2. The van der Waals surface area contributed by atoms with Gasteiger partial charge in [-0.15, -0.1) is 5.10 Å². The van der Waals surface area contributed by atoms with Crippen LogP contribution in [0.5, 0.6) is 5.75 Å². The van der Waals surface area contributed by atoms with E-state index >= 15 is 0 Å². The maximum Gasteiger partial charge on any atom is 0.262 e. The van der Waals surface area contributed by atoms with Gasteiger partial charge in [0.05, 0.1) is 5.69 Å². The van der Waals surface area contributed by atoms with Gasteiger partial charge in [-0.3, -0.25) is 4.79 Å². The molecule has 0 atom stereocenters. The van der Waals surface area contributed by atoms with Crippen LogP contribution < -0.4 is 10.1 Å². The highest BCUT2D eigenvalue weighted by atomic mass is 19.1.